The van der Waals surface area contributed by atoms with Crippen LogP contribution in [0.1, 0.15) is 5.56 Å². The Bertz CT molecular complexity index is 428. The molecule has 1 aromatic heterocycles. The number of aromatic nitrogens is 2. The molecule has 4 heteroatoms. The largest absolute Gasteiger partial charge is 0.424 e. The van der Waals surface area contributed by atoms with Crippen LogP contribution in [-0.2, 0) is 6.54 Å². The lowest BCUT2D eigenvalue weighted by Gasteiger charge is -2.03. The molecule has 1 heterocycles. The van der Waals surface area contributed by atoms with E-state index in [1.165, 1.54) is 0 Å². The lowest BCUT2D eigenvalue weighted by atomic mass is 10.3. The van der Waals surface area contributed by atoms with Crippen molar-refractivity contribution in [2.24, 2.45) is 0 Å². The Morgan fingerprint density at radius 3 is 2.44 bits per heavy atom. The predicted molar refractivity (Wildman–Crippen MR) is 61.3 cm³/mol. The summed E-state index contributed by atoms with van der Waals surface area (Å²) in [7, 11) is 1.88. The van der Waals surface area contributed by atoms with Gasteiger partial charge in [-0.05, 0) is 19.2 Å². The van der Waals surface area contributed by atoms with Crippen molar-refractivity contribution < 1.29 is 4.74 Å². The predicted octanol–water partition coefficient (Wildman–Crippen LogP) is 1.99. The van der Waals surface area contributed by atoms with E-state index < -0.39 is 0 Å². The summed E-state index contributed by atoms with van der Waals surface area (Å²) in [6.07, 6.45) is 3.50. The van der Waals surface area contributed by atoms with E-state index >= 15 is 0 Å². The van der Waals surface area contributed by atoms with Crippen LogP contribution in [-0.4, -0.2) is 17.0 Å². The summed E-state index contributed by atoms with van der Waals surface area (Å²) in [5, 5.41) is 3.03. The Labute approximate surface area is 94.3 Å². The second-order valence-electron chi connectivity index (χ2n) is 3.32. The molecule has 4 nitrogen and oxygen atoms in total. The highest BCUT2D eigenvalue weighted by Crippen LogP contribution is 2.15. The smallest absolute Gasteiger partial charge is 0.321 e. The van der Waals surface area contributed by atoms with Gasteiger partial charge in [0.15, 0.2) is 0 Å². The van der Waals surface area contributed by atoms with Crippen molar-refractivity contribution in [3.05, 3.63) is 48.3 Å². The highest BCUT2D eigenvalue weighted by Gasteiger charge is 1.99. The zero-order valence-electron chi connectivity index (χ0n) is 9.05. The summed E-state index contributed by atoms with van der Waals surface area (Å²) in [6, 6.07) is 9.85. The normalized spacial score (nSPS) is 10.1. The standard InChI is InChI=1S/C12H13N3O/c1-13-7-10-8-14-12(15-9-10)16-11-5-3-2-4-6-11/h2-6,8-9,13H,7H2,1H3. The number of nitrogens with one attached hydrogen (secondary N) is 1. The van der Waals surface area contributed by atoms with Gasteiger partial charge in [-0.15, -0.1) is 0 Å². The zero-order valence-corrected chi connectivity index (χ0v) is 9.05. The van der Waals surface area contributed by atoms with Crippen molar-refractivity contribution in [3.63, 3.8) is 0 Å². The molecule has 82 valence electrons. The van der Waals surface area contributed by atoms with Gasteiger partial charge in [-0.25, -0.2) is 9.97 Å². The van der Waals surface area contributed by atoms with E-state index in [1.807, 2.05) is 37.4 Å². The zero-order chi connectivity index (χ0) is 11.2. The van der Waals surface area contributed by atoms with Gasteiger partial charge in [0.05, 0.1) is 0 Å². The van der Waals surface area contributed by atoms with Crippen LogP contribution in [0, 0.1) is 0 Å². The summed E-state index contributed by atoms with van der Waals surface area (Å²) in [4.78, 5) is 8.24. The van der Waals surface area contributed by atoms with E-state index in [-0.39, 0.29) is 0 Å². The van der Waals surface area contributed by atoms with Crippen LogP contribution in [0.4, 0.5) is 0 Å². The van der Waals surface area contributed by atoms with Gasteiger partial charge < -0.3 is 10.1 Å². The van der Waals surface area contributed by atoms with Crippen LogP contribution in [0.2, 0.25) is 0 Å². The second-order valence-corrected chi connectivity index (χ2v) is 3.32. The van der Waals surface area contributed by atoms with Gasteiger partial charge in [-0.1, -0.05) is 18.2 Å². The Hall–Kier alpha value is -1.94. The number of hydrogen-bond acceptors (Lipinski definition) is 4. The third-order valence-corrected chi connectivity index (χ3v) is 2.01. The van der Waals surface area contributed by atoms with E-state index in [9.17, 15) is 0 Å². The Morgan fingerprint density at radius 2 is 1.81 bits per heavy atom. The molecule has 1 N–H and O–H groups in total. The van der Waals surface area contributed by atoms with E-state index in [0.717, 1.165) is 17.9 Å². The quantitative estimate of drug-likeness (QED) is 0.847. The minimum Gasteiger partial charge on any atom is -0.424 e. The number of hydrogen-bond donors (Lipinski definition) is 1. The van der Waals surface area contributed by atoms with Crippen LogP contribution >= 0.6 is 0 Å². The maximum absolute atomic E-state index is 5.47. The van der Waals surface area contributed by atoms with Crippen LogP contribution in [0.25, 0.3) is 0 Å². The third-order valence-electron chi connectivity index (χ3n) is 2.01. The summed E-state index contributed by atoms with van der Waals surface area (Å²) in [6.45, 7) is 0.756. The summed E-state index contributed by atoms with van der Waals surface area (Å²) in [5.41, 5.74) is 1.03. The summed E-state index contributed by atoms with van der Waals surface area (Å²) in [5.74, 6) is 0.740. The molecule has 0 saturated heterocycles. The molecule has 0 amide bonds. The van der Waals surface area contributed by atoms with Crippen molar-refractivity contribution in [3.8, 4) is 11.8 Å². The first-order valence-corrected chi connectivity index (χ1v) is 5.07. The fourth-order valence-corrected chi connectivity index (χ4v) is 1.28. The van der Waals surface area contributed by atoms with Gasteiger partial charge in [0, 0.05) is 24.5 Å². The number of nitrogens with zero attached hydrogens (tertiary/aromatic N) is 2. The van der Waals surface area contributed by atoms with E-state index in [1.54, 1.807) is 12.4 Å². The van der Waals surface area contributed by atoms with Gasteiger partial charge in [0.2, 0.25) is 0 Å². The molecular weight excluding hydrogens is 202 g/mol. The molecule has 0 spiro atoms. The van der Waals surface area contributed by atoms with Gasteiger partial charge in [0.1, 0.15) is 5.75 Å². The molecule has 0 aliphatic carbocycles. The maximum Gasteiger partial charge on any atom is 0.321 e. The SMILES string of the molecule is CNCc1cnc(Oc2ccccc2)nc1. The van der Waals surface area contributed by atoms with E-state index in [4.69, 9.17) is 4.74 Å². The van der Waals surface area contributed by atoms with Crippen molar-refractivity contribution >= 4 is 0 Å². The molecule has 2 aromatic rings. The number of benzene rings is 1. The second kappa shape index (κ2) is 5.23. The average Bonchev–Trinajstić information content (AvgIpc) is 2.33. The first-order chi connectivity index (χ1) is 7.88. The molecule has 2 rings (SSSR count). The summed E-state index contributed by atoms with van der Waals surface area (Å²) < 4.78 is 5.47. The molecule has 0 radical (unpaired) electrons. The van der Waals surface area contributed by atoms with Gasteiger partial charge >= 0.3 is 6.01 Å². The summed E-state index contributed by atoms with van der Waals surface area (Å²) >= 11 is 0. The number of para-hydroxylation sites is 1. The lowest BCUT2D eigenvalue weighted by molar-refractivity contribution is 0.441. The average molecular weight is 215 g/mol. The van der Waals surface area contributed by atoms with Crippen LogP contribution in [0.15, 0.2) is 42.7 Å². The number of rotatable bonds is 4. The maximum atomic E-state index is 5.47. The fourth-order valence-electron chi connectivity index (χ4n) is 1.28. The van der Waals surface area contributed by atoms with Crippen LogP contribution < -0.4 is 10.1 Å². The molecule has 0 unspecified atom stereocenters. The monoisotopic (exact) mass is 215 g/mol. The Kier molecular flexibility index (Phi) is 3.46. The minimum atomic E-state index is 0.367. The fraction of sp³-hybridized carbons (Fsp3) is 0.167. The van der Waals surface area contributed by atoms with Crippen molar-refractivity contribution in [1.82, 2.24) is 15.3 Å². The lowest BCUT2D eigenvalue weighted by Crippen LogP contribution is -2.06. The first kappa shape index (κ1) is 10.6. The van der Waals surface area contributed by atoms with Crippen LogP contribution in [0.3, 0.4) is 0 Å². The molecule has 0 fully saturated rings. The highest BCUT2D eigenvalue weighted by molar-refractivity contribution is 5.24. The minimum absolute atomic E-state index is 0.367. The molecule has 1 aromatic carbocycles. The molecule has 0 aliphatic rings. The molecule has 0 atom stereocenters. The van der Waals surface area contributed by atoms with Crippen molar-refractivity contribution in [1.29, 1.82) is 0 Å². The third kappa shape index (κ3) is 2.77. The van der Waals surface area contributed by atoms with Crippen molar-refractivity contribution in [2.75, 3.05) is 7.05 Å². The topological polar surface area (TPSA) is 47.0 Å². The van der Waals surface area contributed by atoms with Crippen molar-refractivity contribution in [2.45, 2.75) is 6.54 Å². The highest BCUT2D eigenvalue weighted by atomic mass is 16.5. The van der Waals surface area contributed by atoms with E-state index in [0.29, 0.717) is 6.01 Å². The van der Waals surface area contributed by atoms with Gasteiger partial charge in [0.25, 0.3) is 0 Å². The Morgan fingerprint density at radius 1 is 1.12 bits per heavy atom. The molecule has 16 heavy (non-hydrogen) atoms. The first-order valence-electron chi connectivity index (χ1n) is 5.07. The Balaban J connectivity index is 2.05. The molecule has 0 aliphatic heterocycles. The van der Waals surface area contributed by atoms with E-state index in [2.05, 4.69) is 15.3 Å². The van der Waals surface area contributed by atoms with Crippen LogP contribution in [0.5, 0.6) is 11.8 Å². The van der Waals surface area contributed by atoms with Gasteiger partial charge in [-0.3, -0.25) is 0 Å². The number of ether oxygens (including phenoxy) is 1. The van der Waals surface area contributed by atoms with Gasteiger partial charge in [-0.2, -0.15) is 0 Å². The molecular formula is C12H13N3O. The molecule has 0 bridgehead atoms. The molecule has 0 saturated carbocycles.